The Balaban J connectivity index is 1.01. The SMILES string of the molecule is Cc1ccc(N(c2ccc3cc4c5ccc(N(c6ccc(C)cc6)c6cccc7c6sc6ccccc67)cc5n5c6ccc(-c7ccccc7)cc6c(c3c2)c45)c2cccc3c2sc2ccccc23)cc1. The van der Waals surface area contributed by atoms with Gasteiger partial charge in [0.15, 0.2) is 0 Å². The van der Waals surface area contributed by atoms with Crippen LogP contribution < -0.4 is 9.80 Å². The van der Waals surface area contributed by atoms with Crippen molar-refractivity contribution in [2.45, 2.75) is 13.8 Å². The highest BCUT2D eigenvalue weighted by molar-refractivity contribution is 7.26. The fourth-order valence-corrected chi connectivity index (χ4v) is 13.9. The molecule has 0 amide bonds. The summed E-state index contributed by atoms with van der Waals surface area (Å²) in [5.74, 6) is 0. The second-order valence-corrected chi connectivity index (χ2v) is 21.1. The summed E-state index contributed by atoms with van der Waals surface area (Å²) in [6.45, 7) is 4.33. The lowest BCUT2D eigenvalue weighted by atomic mass is 9.97. The van der Waals surface area contributed by atoms with E-state index in [0.29, 0.717) is 0 Å². The third-order valence-corrected chi connectivity index (χ3v) is 17.2. The molecule has 0 N–H and O–H groups in total. The minimum Gasteiger partial charge on any atom is -0.309 e. The minimum atomic E-state index is 1.12. The molecular formula is C66H43N3S2. The van der Waals surface area contributed by atoms with Crippen LogP contribution in [-0.2, 0) is 0 Å². The molecule has 15 aromatic rings. The van der Waals surface area contributed by atoms with Crippen molar-refractivity contribution in [1.29, 1.82) is 0 Å². The fraction of sp³-hybridized carbons (Fsp3) is 0.0303. The molecule has 334 valence electrons. The van der Waals surface area contributed by atoms with E-state index in [4.69, 9.17) is 0 Å². The summed E-state index contributed by atoms with van der Waals surface area (Å²) in [6.07, 6.45) is 0. The molecule has 0 aliphatic rings. The maximum atomic E-state index is 2.56. The zero-order valence-electron chi connectivity index (χ0n) is 39.0. The highest BCUT2D eigenvalue weighted by Crippen LogP contribution is 2.50. The van der Waals surface area contributed by atoms with Gasteiger partial charge in [0, 0.05) is 75.2 Å². The first kappa shape index (κ1) is 40.4. The molecule has 0 saturated heterocycles. The van der Waals surface area contributed by atoms with Gasteiger partial charge in [-0.15, -0.1) is 22.7 Å². The Bertz CT molecular complexity index is 4600. The number of benzene rings is 11. The number of nitrogens with zero attached hydrogens (tertiary/aromatic N) is 3. The molecule has 15 rings (SSSR count). The van der Waals surface area contributed by atoms with Crippen LogP contribution in [0.15, 0.2) is 224 Å². The van der Waals surface area contributed by atoms with Gasteiger partial charge in [-0.2, -0.15) is 0 Å². The monoisotopic (exact) mass is 941 g/mol. The van der Waals surface area contributed by atoms with E-state index in [0.717, 1.165) is 22.7 Å². The van der Waals surface area contributed by atoms with Crippen LogP contribution >= 0.6 is 22.7 Å². The third-order valence-electron chi connectivity index (χ3n) is 14.8. The average Bonchev–Trinajstić information content (AvgIpc) is 4.18. The van der Waals surface area contributed by atoms with E-state index >= 15 is 0 Å². The van der Waals surface area contributed by atoms with Crippen molar-refractivity contribution in [2.24, 2.45) is 0 Å². The smallest absolute Gasteiger partial charge is 0.0640 e. The van der Waals surface area contributed by atoms with E-state index in [1.54, 1.807) is 0 Å². The molecule has 0 unspecified atom stereocenters. The van der Waals surface area contributed by atoms with E-state index in [-0.39, 0.29) is 0 Å². The van der Waals surface area contributed by atoms with Crippen LogP contribution in [0, 0.1) is 13.8 Å². The first-order chi connectivity index (χ1) is 35.0. The molecule has 4 heterocycles. The summed E-state index contributed by atoms with van der Waals surface area (Å²) in [5.41, 5.74) is 15.4. The molecule has 0 aliphatic carbocycles. The fourth-order valence-electron chi connectivity index (χ4n) is 11.5. The number of anilines is 6. The van der Waals surface area contributed by atoms with Crippen LogP contribution in [0.1, 0.15) is 11.1 Å². The Morgan fingerprint density at radius 1 is 0.338 bits per heavy atom. The van der Waals surface area contributed by atoms with Gasteiger partial charge in [0.2, 0.25) is 0 Å². The van der Waals surface area contributed by atoms with Gasteiger partial charge in [-0.3, -0.25) is 0 Å². The van der Waals surface area contributed by atoms with Gasteiger partial charge in [0.25, 0.3) is 0 Å². The van der Waals surface area contributed by atoms with Crippen LogP contribution in [0.3, 0.4) is 0 Å². The summed E-state index contributed by atoms with van der Waals surface area (Å²) >= 11 is 3.75. The second-order valence-electron chi connectivity index (χ2n) is 19.0. The molecule has 0 bridgehead atoms. The Hall–Kier alpha value is -8.48. The Labute approximate surface area is 418 Å². The third kappa shape index (κ3) is 6.13. The summed E-state index contributed by atoms with van der Waals surface area (Å²) in [6, 6.07) is 83.8. The van der Waals surface area contributed by atoms with Crippen LogP contribution in [0.4, 0.5) is 34.1 Å². The highest BCUT2D eigenvalue weighted by atomic mass is 32.1. The van der Waals surface area contributed by atoms with Crippen LogP contribution in [-0.4, -0.2) is 4.40 Å². The number of rotatable bonds is 7. The molecule has 11 aromatic carbocycles. The summed E-state index contributed by atoms with van der Waals surface area (Å²) in [7, 11) is 0. The Morgan fingerprint density at radius 2 is 0.887 bits per heavy atom. The molecule has 4 aromatic heterocycles. The van der Waals surface area contributed by atoms with Gasteiger partial charge in [0.1, 0.15) is 0 Å². The predicted molar refractivity (Wildman–Crippen MR) is 309 cm³/mol. The van der Waals surface area contributed by atoms with Crippen molar-refractivity contribution in [1.82, 2.24) is 4.40 Å². The molecule has 3 nitrogen and oxygen atoms in total. The summed E-state index contributed by atoms with van der Waals surface area (Å²) < 4.78 is 7.72. The van der Waals surface area contributed by atoms with E-state index < -0.39 is 0 Å². The average molecular weight is 942 g/mol. The van der Waals surface area contributed by atoms with E-state index in [1.165, 1.54) is 123 Å². The first-order valence-electron chi connectivity index (χ1n) is 24.3. The molecule has 0 saturated carbocycles. The first-order valence-corrected chi connectivity index (χ1v) is 25.9. The normalized spacial score (nSPS) is 12.1. The molecule has 5 heteroatoms. The predicted octanol–water partition coefficient (Wildman–Crippen LogP) is 19.9. The molecule has 0 spiro atoms. The van der Waals surface area contributed by atoms with Crippen molar-refractivity contribution in [3.05, 3.63) is 236 Å². The largest absolute Gasteiger partial charge is 0.309 e. The van der Waals surface area contributed by atoms with Crippen LogP contribution in [0.25, 0.3) is 100 Å². The van der Waals surface area contributed by atoms with Gasteiger partial charge in [-0.25, -0.2) is 0 Å². The zero-order chi connectivity index (χ0) is 46.9. The van der Waals surface area contributed by atoms with E-state index in [2.05, 4.69) is 253 Å². The van der Waals surface area contributed by atoms with E-state index in [9.17, 15) is 0 Å². The summed E-state index contributed by atoms with van der Waals surface area (Å²) in [4.78, 5) is 4.94. The maximum absolute atomic E-state index is 2.56. The van der Waals surface area contributed by atoms with Crippen molar-refractivity contribution < 1.29 is 0 Å². The topological polar surface area (TPSA) is 10.9 Å². The number of aromatic nitrogens is 1. The van der Waals surface area contributed by atoms with Gasteiger partial charge in [-0.1, -0.05) is 145 Å². The number of hydrogen-bond acceptors (Lipinski definition) is 4. The Kier molecular flexibility index (Phi) is 8.83. The molecule has 0 atom stereocenters. The lowest BCUT2D eigenvalue weighted by molar-refractivity contribution is 1.29. The van der Waals surface area contributed by atoms with E-state index in [1.807, 2.05) is 22.7 Å². The number of aryl methyl sites for hydroxylation is 2. The lowest BCUT2D eigenvalue weighted by Gasteiger charge is -2.26. The Morgan fingerprint density at radius 3 is 1.52 bits per heavy atom. The lowest BCUT2D eigenvalue weighted by Crippen LogP contribution is -2.10. The molecule has 0 radical (unpaired) electrons. The van der Waals surface area contributed by atoms with Crippen LogP contribution in [0.2, 0.25) is 0 Å². The quantitative estimate of drug-likeness (QED) is 0.158. The standard InChI is InChI=1S/C66H43N3S2/c1-40-22-28-45(29-23-40)67(58-18-10-16-52-50-14-6-8-20-61(50)70-65(52)58)47-32-26-44-37-55-49-34-33-48(68(46-30-24-41(2)25-31-46)59-19-11-17-53-51-15-7-9-21-62(51)71-66(53)59)39-60(49)69-57-35-27-43(42-12-4-3-5-13-42)36-56(57)63(64(55)69)54(44)38-47/h3-39H,1-2H3. The number of thiophene rings is 2. The van der Waals surface area contributed by atoms with Gasteiger partial charge in [-0.05, 0) is 127 Å². The van der Waals surface area contributed by atoms with Gasteiger partial charge >= 0.3 is 0 Å². The van der Waals surface area contributed by atoms with Crippen molar-refractivity contribution in [3.8, 4) is 11.1 Å². The van der Waals surface area contributed by atoms with Gasteiger partial charge < -0.3 is 14.2 Å². The van der Waals surface area contributed by atoms with Crippen LogP contribution in [0.5, 0.6) is 0 Å². The van der Waals surface area contributed by atoms with Crippen molar-refractivity contribution in [3.63, 3.8) is 0 Å². The number of hydrogen-bond donors (Lipinski definition) is 0. The van der Waals surface area contributed by atoms with Gasteiger partial charge in [0.05, 0.1) is 37.3 Å². The maximum Gasteiger partial charge on any atom is 0.0640 e. The molecule has 71 heavy (non-hydrogen) atoms. The highest BCUT2D eigenvalue weighted by Gasteiger charge is 2.25. The van der Waals surface area contributed by atoms with Crippen molar-refractivity contribution >= 4 is 146 Å². The summed E-state index contributed by atoms with van der Waals surface area (Å²) in [5, 5.41) is 12.7. The molecule has 0 fully saturated rings. The second kappa shape index (κ2) is 15.5. The minimum absolute atomic E-state index is 1.12. The number of fused-ring (bicyclic) bond motifs is 14. The zero-order valence-corrected chi connectivity index (χ0v) is 40.7. The van der Waals surface area contributed by atoms with Crippen molar-refractivity contribution in [2.75, 3.05) is 9.80 Å². The molecular weight excluding hydrogens is 899 g/mol. The molecule has 0 aliphatic heterocycles.